The summed E-state index contributed by atoms with van der Waals surface area (Å²) in [7, 11) is 0. The summed E-state index contributed by atoms with van der Waals surface area (Å²) >= 11 is 0. The lowest BCUT2D eigenvalue weighted by Crippen LogP contribution is -2.14. The van der Waals surface area contributed by atoms with Crippen molar-refractivity contribution in [2.45, 2.75) is 40.5 Å². The minimum Gasteiger partial charge on any atom is -0.330 e. The molecule has 0 amide bonds. The maximum absolute atomic E-state index is 12.3. The smallest absolute Gasteiger partial charge is 0.165 e. The monoisotopic (exact) mass is 233 g/mol. The third kappa shape index (κ3) is 3.40. The molecule has 1 unspecified atom stereocenters. The van der Waals surface area contributed by atoms with E-state index in [9.17, 15) is 4.79 Å². The molecule has 0 aliphatic rings. The molecule has 0 spiro atoms. The van der Waals surface area contributed by atoms with E-state index in [1.165, 1.54) is 11.1 Å². The van der Waals surface area contributed by atoms with Gasteiger partial charge in [0.1, 0.15) is 0 Å². The fourth-order valence-corrected chi connectivity index (χ4v) is 2.05. The van der Waals surface area contributed by atoms with E-state index in [1.807, 2.05) is 19.9 Å². The van der Waals surface area contributed by atoms with E-state index in [0.717, 1.165) is 24.0 Å². The van der Waals surface area contributed by atoms with Gasteiger partial charge in [-0.05, 0) is 62.9 Å². The third-order valence-electron chi connectivity index (χ3n) is 3.40. The Morgan fingerprint density at radius 1 is 1.18 bits per heavy atom. The molecule has 0 radical (unpaired) electrons. The first-order valence-corrected chi connectivity index (χ1v) is 6.29. The second-order valence-electron chi connectivity index (χ2n) is 4.95. The second-order valence-corrected chi connectivity index (χ2v) is 4.95. The van der Waals surface area contributed by atoms with Crippen LogP contribution in [-0.4, -0.2) is 12.3 Å². The number of rotatable bonds is 5. The Bertz CT molecular complexity index is 410. The van der Waals surface area contributed by atoms with E-state index in [-0.39, 0.29) is 11.7 Å². The molecule has 1 atom stereocenters. The topological polar surface area (TPSA) is 43.1 Å². The molecule has 1 rings (SSSR count). The summed E-state index contributed by atoms with van der Waals surface area (Å²) in [5.74, 6) is 0.318. The summed E-state index contributed by atoms with van der Waals surface area (Å²) in [6.45, 7) is 8.79. The molecular weight excluding hydrogens is 210 g/mol. The van der Waals surface area contributed by atoms with Crippen molar-refractivity contribution in [3.8, 4) is 0 Å². The summed E-state index contributed by atoms with van der Waals surface area (Å²) in [4.78, 5) is 12.3. The summed E-state index contributed by atoms with van der Waals surface area (Å²) in [6, 6.07) is 4.12. The summed E-state index contributed by atoms with van der Waals surface area (Å²) in [5, 5.41) is 0. The number of aryl methyl sites for hydroxylation is 3. The van der Waals surface area contributed by atoms with Crippen LogP contribution in [0, 0.1) is 26.7 Å². The predicted octanol–water partition coefficient (Wildman–Crippen LogP) is 3.17. The average molecular weight is 233 g/mol. The van der Waals surface area contributed by atoms with Crippen molar-refractivity contribution in [2.24, 2.45) is 11.7 Å². The molecule has 0 saturated heterocycles. The maximum Gasteiger partial charge on any atom is 0.165 e. The molecule has 2 N–H and O–H groups in total. The Morgan fingerprint density at radius 3 is 2.35 bits per heavy atom. The van der Waals surface area contributed by atoms with Crippen molar-refractivity contribution >= 4 is 5.78 Å². The van der Waals surface area contributed by atoms with E-state index in [2.05, 4.69) is 19.9 Å². The highest BCUT2D eigenvalue weighted by Crippen LogP contribution is 2.20. The van der Waals surface area contributed by atoms with Gasteiger partial charge in [0.25, 0.3) is 0 Å². The Hall–Kier alpha value is -1.15. The normalized spacial score (nSPS) is 12.5. The van der Waals surface area contributed by atoms with Crippen LogP contribution in [0.15, 0.2) is 12.1 Å². The number of hydrogen-bond donors (Lipinski definition) is 1. The molecule has 2 nitrogen and oxygen atoms in total. The van der Waals surface area contributed by atoms with Crippen LogP contribution in [-0.2, 0) is 0 Å². The van der Waals surface area contributed by atoms with Crippen molar-refractivity contribution < 1.29 is 4.79 Å². The Balaban J connectivity index is 2.92. The molecule has 17 heavy (non-hydrogen) atoms. The molecule has 1 aromatic rings. The van der Waals surface area contributed by atoms with Gasteiger partial charge in [0.15, 0.2) is 5.78 Å². The molecule has 0 aromatic heterocycles. The number of carbonyl (C=O) groups is 1. The zero-order chi connectivity index (χ0) is 13.0. The zero-order valence-electron chi connectivity index (χ0n) is 11.3. The van der Waals surface area contributed by atoms with Crippen molar-refractivity contribution in [3.05, 3.63) is 34.4 Å². The SMILES string of the molecule is Cc1cc(C)c(C(=O)C(C)CCCN)cc1C. The Morgan fingerprint density at radius 2 is 1.76 bits per heavy atom. The number of nitrogens with two attached hydrogens (primary N) is 1. The van der Waals surface area contributed by atoms with Gasteiger partial charge in [0.05, 0.1) is 0 Å². The van der Waals surface area contributed by atoms with Crippen molar-refractivity contribution in [1.29, 1.82) is 0 Å². The van der Waals surface area contributed by atoms with Gasteiger partial charge >= 0.3 is 0 Å². The van der Waals surface area contributed by atoms with E-state index in [1.54, 1.807) is 0 Å². The van der Waals surface area contributed by atoms with E-state index < -0.39 is 0 Å². The molecule has 0 aliphatic heterocycles. The highest BCUT2D eigenvalue weighted by molar-refractivity contribution is 5.99. The molecule has 1 aromatic carbocycles. The van der Waals surface area contributed by atoms with Crippen LogP contribution >= 0.6 is 0 Å². The quantitative estimate of drug-likeness (QED) is 0.794. The van der Waals surface area contributed by atoms with Crippen LogP contribution in [0.4, 0.5) is 0 Å². The standard InChI is InChI=1S/C15H23NO/c1-10(6-5-7-16)15(17)14-9-12(3)11(2)8-13(14)4/h8-10H,5-7,16H2,1-4H3. The average Bonchev–Trinajstić information content (AvgIpc) is 2.29. The zero-order valence-corrected chi connectivity index (χ0v) is 11.3. The molecule has 0 aliphatic carbocycles. The van der Waals surface area contributed by atoms with Gasteiger partial charge in [-0.3, -0.25) is 4.79 Å². The lowest BCUT2D eigenvalue weighted by atomic mass is 9.90. The van der Waals surface area contributed by atoms with Crippen molar-refractivity contribution in [2.75, 3.05) is 6.54 Å². The van der Waals surface area contributed by atoms with Crippen LogP contribution in [0.1, 0.15) is 46.8 Å². The van der Waals surface area contributed by atoms with Crippen molar-refractivity contribution in [3.63, 3.8) is 0 Å². The highest BCUT2D eigenvalue weighted by atomic mass is 16.1. The fourth-order valence-electron chi connectivity index (χ4n) is 2.05. The molecule has 0 bridgehead atoms. The Labute approximate surface area is 104 Å². The minimum atomic E-state index is 0.0688. The summed E-state index contributed by atoms with van der Waals surface area (Å²) < 4.78 is 0. The summed E-state index contributed by atoms with van der Waals surface area (Å²) in [6.07, 6.45) is 1.79. The lowest BCUT2D eigenvalue weighted by Gasteiger charge is -2.13. The van der Waals surface area contributed by atoms with Crippen LogP contribution in [0.25, 0.3) is 0 Å². The van der Waals surface area contributed by atoms with Crippen LogP contribution in [0.3, 0.4) is 0 Å². The largest absolute Gasteiger partial charge is 0.330 e. The summed E-state index contributed by atoms with van der Waals surface area (Å²) in [5.41, 5.74) is 9.86. The first-order chi connectivity index (χ1) is 7.97. The van der Waals surface area contributed by atoms with Gasteiger partial charge in [0.2, 0.25) is 0 Å². The first-order valence-electron chi connectivity index (χ1n) is 6.29. The van der Waals surface area contributed by atoms with Crippen molar-refractivity contribution in [1.82, 2.24) is 0 Å². The minimum absolute atomic E-state index is 0.0688. The molecular formula is C15H23NO. The number of benzene rings is 1. The number of ketones is 1. The van der Waals surface area contributed by atoms with E-state index >= 15 is 0 Å². The van der Waals surface area contributed by atoms with Gasteiger partial charge in [-0.15, -0.1) is 0 Å². The van der Waals surface area contributed by atoms with Gasteiger partial charge < -0.3 is 5.73 Å². The molecule has 2 heteroatoms. The highest BCUT2D eigenvalue weighted by Gasteiger charge is 2.17. The predicted molar refractivity (Wildman–Crippen MR) is 72.4 cm³/mol. The number of Topliss-reactive ketones (excluding diaryl/α,β-unsaturated/α-hetero) is 1. The lowest BCUT2D eigenvalue weighted by molar-refractivity contribution is 0.0922. The molecule has 0 heterocycles. The van der Waals surface area contributed by atoms with E-state index in [0.29, 0.717) is 6.54 Å². The van der Waals surface area contributed by atoms with Crippen LogP contribution < -0.4 is 5.73 Å². The van der Waals surface area contributed by atoms with Crippen LogP contribution in [0.5, 0.6) is 0 Å². The number of hydrogen-bond acceptors (Lipinski definition) is 2. The second kappa shape index (κ2) is 5.97. The van der Waals surface area contributed by atoms with E-state index in [4.69, 9.17) is 5.73 Å². The van der Waals surface area contributed by atoms with Gasteiger partial charge in [-0.25, -0.2) is 0 Å². The molecule has 0 saturated carbocycles. The van der Waals surface area contributed by atoms with Gasteiger partial charge in [-0.1, -0.05) is 13.0 Å². The third-order valence-corrected chi connectivity index (χ3v) is 3.40. The maximum atomic E-state index is 12.3. The Kier molecular flexibility index (Phi) is 4.88. The van der Waals surface area contributed by atoms with Gasteiger partial charge in [0, 0.05) is 11.5 Å². The number of carbonyl (C=O) groups excluding carboxylic acids is 1. The van der Waals surface area contributed by atoms with Crippen LogP contribution in [0.2, 0.25) is 0 Å². The first kappa shape index (κ1) is 13.9. The fraction of sp³-hybridized carbons (Fsp3) is 0.533. The van der Waals surface area contributed by atoms with Gasteiger partial charge in [-0.2, -0.15) is 0 Å². The molecule has 0 fully saturated rings. The molecule has 94 valence electrons.